The Labute approximate surface area is 109 Å². The van der Waals surface area contributed by atoms with Crippen LogP contribution in [0, 0.1) is 0 Å². The average Bonchev–Trinajstić information content (AvgIpc) is 2.26. The number of carbonyl (C=O) groups is 1. The molecule has 0 spiro atoms. The molecule has 0 atom stereocenters. The van der Waals surface area contributed by atoms with Gasteiger partial charge in [0.15, 0.2) is 0 Å². The first-order valence-electron chi connectivity index (χ1n) is 5.78. The summed E-state index contributed by atoms with van der Waals surface area (Å²) in [5, 5.41) is 0. The molecule has 100 valence electrons. The summed E-state index contributed by atoms with van der Waals surface area (Å²) in [7, 11) is 1.32. The smallest absolute Gasteiger partial charge is 0.297 e. The molecule has 0 unspecified atom stereocenters. The molecule has 0 aromatic heterocycles. The van der Waals surface area contributed by atoms with E-state index >= 15 is 0 Å². The summed E-state index contributed by atoms with van der Waals surface area (Å²) in [6.45, 7) is 5.94. The van der Waals surface area contributed by atoms with Crippen molar-refractivity contribution in [2.75, 3.05) is 14.2 Å². The molecule has 18 heavy (non-hydrogen) atoms. The van der Waals surface area contributed by atoms with Crippen LogP contribution in [0.4, 0.5) is 0 Å². The van der Waals surface area contributed by atoms with Gasteiger partial charge in [0.1, 0.15) is 11.5 Å². The molecule has 5 heteroatoms. The van der Waals surface area contributed by atoms with E-state index in [2.05, 4.69) is 0 Å². The van der Waals surface area contributed by atoms with E-state index in [1.165, 1.54) is 0 Å². The van der Waals surface area contributed by atoms with Gasteiger partial charge in [-0.05, 0) is 37.8 Å². The zero-order valence-electron chi connectivity index (χ0n) is 11.6. The van der Waals surface area contributed by atoms with Crippen LogP contribution >= 0.6 is 0 Å². The maximum atomic E-state index is 11.8. The predicted octanol–water partition coefficient (Wildman–Crippen LogP) is 2.62. The lowest BCUT2D eigenvalue weighted by atomic mass is 10.1. The Morgan fingerprint density at radius 3 is 2.33 bits per heavy atom. The van der Waals surface area contributed by atoms with Gasteiger partial charge in [0.05, 0.1) is 20.6 Å². The van der Waals surface area contributed by atoms with E-state index in [9.17, 15) is 4.79 Å². The van der Waals surface area contributed by atoms with E-state index in [4.69, 9.17) is 13.9 Å². The van der Waals surface area contributed by atoms with E-state index < -0.39 is 8.32 Å². The van der Waals surface area contributed by atoms with E-state index in [0.717, 1.165) is 5.56 Å². The Balaban J connectivity index is 2.85. The quantitative estimate of drug-likeness (QED) is 0.770. The Bertz CT molecular complexity index is 423. The van der Waals surface area contributed by atoms with Gasteiger partial charge in [0.2, 0.25) is 8.32 Å². The minimum atomic E-state index is -1.85. The van der Waals surface area contributed by atoms with Crippen LogP contribution in [0.1, 0.15) is 5.56 Å². The maximum Gasteiger partial charge on any atom is 0.297 e. The molecule has 1 aromatic carbocycles. The van der Waals surface area contributed by atoms with Gasteiger partial charge in [-0.25, -0.2) is 0 Å². The fraction of sp³-hybridized carbons (Fsp3) is 0.462. The summed E-state index contributed by atoms with van der Waals surface area (Å²) in [6, 6.07) is 5.38. The predicted molar refractivity (Wildman–Crippen MR) is 72.7 cm³/mol. The summed E-state index contributed by atoms with van der Waals surface area (Å²) < 4.78 is 15.8. The topological polar surface area (TPSA) is 44.8 Å². The van der Waals surface area contributed by atoms with Gasteiger partial charge in [-0.15, -0.1) is 0 Å². The first-order valence-corrected chi connectivity index (χ1v) is 9.19. The summed E-state index contributed by atoms with van der Waals surface area (Å²) in [5.41, 5.74) is 0.778. The summed E-state index contributed by atoms with van der Waals surface area (Å²) in [4.78, 5) is 11.8. The van der Waals surface area contributed by atoms with Crippen molar-refractivity contribution in [2.24, 2.45) is 0 Å². The molecule has 0 aliphatic heterocycles. The Hall–Kier alpha value is -1.49. The lowest BCUT2D eigenvalue weighted by Gasteiger charge is -2.18. The SMILES string of the molecule is COc1ccc(OC)c(CC(=O)O[Si](C)(C)C)c1. The third kappa shape index (κ3) is 4.41. The zero-order chi connectivity index (χ0) is 13.8. The second-order valence-electron chi connectivity index (χ2n) is 4.94. The Kier molecular flexibility index (Phi) is 4.78. The van der Waals surface area contributed by atoms with E-state index in [1.54, 1.807) is 32.4 Å². The van der Waals surface area contributed by atoms with Crippen molar-refractivity contribution < 1.29 is 18.7 Å². The first kappa shape index (κ1) is 14.6. The molecule has 4 nitrogen and oxygen atoms in total. The number of hydrogen-bond acceptors (Lipinski definition) is 4. The number of benzene rings is 1. The highest BCUT2D eigenvalue weighted by Gasteiger charge is 2.21. The third-order valence-electron chi connectivity index (χ3n) is 2.24. The van der Waals surface area contributed by atoms with Crippen molar-refractivity contribution in [3.8, 4) is 11.5 Å². The van der Waals surface area contributed by atoms with Crippen LogP contribution in [0.5, 0.6) is 11.5 Å². The number of carbonyl (C=O) groups excluding carboxylic acids is 1. The van der Waals surface area contributed by atoms with Crippen molar-refractivity contribution in [3.05, 3.63) is 23.8 Å². The molecular formula is C13H20O4Si. The molecular weight excluding hydrogens is 248 g/mol. The van der Waals surface area contributed by atoms with Gasteiger partial charge < -0.3 is 13.9 Å². The fourth-order valence-electron chi connectivity index (χ4n) is 1.55. The van der Waals surface area contributed by atoms with Crippen LogP contribution in [-0.4, -0.2) is 28.5 Å². The number of hydrogen-bond donors (Lipinski definition) is 0. The zero-order valence-corrected chi connectivity index (χ0v) is 12.6. The lowest BCUT2D eigenvalue weighted by Crippen LogP contribution is -2.30. The average molecular weight is 268 g/mol. The molecule has 1 rings (SSSR count). The van der Waals surface area contributed by atoms with Crippen LogP contribution in [0.15, 0.2) is 18.2 Å². The molecule has 0 N–H and O–H groups in total. The minimum Gasteiger partial charge on any atom is -0.520 e. The van der Waals surface area contributed by atoms with Gasteiger partial charge in [-0.1, -0.05) is 0 Å². The second-order valence-corrected chi connectivity index (χ2v) is 9.37. The van der Waals surface area contributed by atoms with Crippen LogP contribution < -0.4 is 9.47 Å². The van der Waals surface area contributed by atoms with Crippen molar-refractivity contribution in [2.45, 2.75) is 26.1 Å². The van der Waals surface area contributed by atoms with Crippen LogP contribution in [0.25, 0.3) is 0 Å². The highest BCUT2D eigenvalue weighted by Crippen LogP contribution is 2.24. The van der Waals surface area contributed by atoms with Crippen LogP contribution in [0.2, 0.25) is 19.6 Å². The second kappa shape index (κ2) is 5.91. The van der Waals surface area contributed by atoms with Gasteiger partial charge in [-0.2, -0.15) is 0 Å². The van der Waals surface area contributed by atoms with E-state index in [-0.39, 0.29) is 12.4 Å². The summed E-state index contributed by atoms with van der Waals surface area (Å²) in [5.74, 6) is 1.15. The molecule has 0 aliphatic rings. The Morgan fingerprint density at radius 2 is 1.83 bits per heavy atom. The molecule has 0 amide bonds. The Morgan fingerprint density at radius 1 is 1.17 bits per heavy atom. The minimum absolute atomic E-state index is 0.199. The largest absolute Gasteiger partial charge is 0.520 e. The van der Waals surface area contributed by atoms with E-state index in [0.29, 0.717) is 11.5 Å². The molecule has 0 saturated carbocycles. The summed E-state index contributed by atoms with van der Waals surface area (Å²) >= 11 is 0. The van der Waals surface area contributed by atoms with Crippen molar-refractivity contribution >= 4 is 14.3 Å². The number of rotatable bonds is 5. The highest BCUT2D eigenvalue weighted by atomic mass is 28.4. The molecule has 0 radical (unpaired) electrons. The van der Waals surface area contributed by atoms with Gasteiger partial charge in [-0.3, -0.25) is 4.79 Å². The molecule has 0 saturated heterocycles. The van der Waals surface area contributed by atoms with Gasteiger partial charge in [0, 0.05) is 5.56 Å². The first-order chi connectivity index (χ1) is 8.35. The van der Waals surface area contributed by atoms with E-state index in [1.807, 2.05) is 19.6 Å². The molecule has 1 aromatic rings. The van der Waals surface area contributed by atoms with Crippen LogP contribution in [-0.2, 0) is 15.6 Å². The summed E-state index contributed by atoms with van der Waals surface area (Å²) in [6.07, 6.45) is 0.199. The van der Waals surface area contributed by atoms with Gasteiger partial charge in [0.25, 0.3) is 5.97 Å². The third-order valence-corrected chi connectivity index (χ3v) is 3.08. The van der Waals surface area contributed by atoms with Crippen molar-refractivity contribution in [1.82, 2.24) is 0 Å². The standard InChI is InChI=1S/C13H20O4Si/c1-15-11-6-7-12(16-2)10(8-11)9-13(14)17-18(3,4)5/h6-8H,9H2,1-5H3. The van der Waals surface area contributed by atoms with Gasteiger partial charge >= 0.3 is 0 Å². The monoisotopic (exact) mass is 268 g/mol. The molecule has 0 fully saturated rings. The maximum absolute atomic E-state index is 11.8. The van der Waals surface area contributed by atoms with Crippen molar-refractivity contribution in [3.63, 3.8) is 0 Å². The van der Waals surface area contributed by atoms with Crippen molar-refractivity contribution in [1.29, 1.82) is 0 Å². The normalized spacial score (nSPS) is 10.9. The lowest BCUT2D eigenvalue weighted by molar-refractivity contribution is -0.134. The number of methoxy groups -OCH3 is 2. The molecule has 0 aliphatic carbocycles. The van der Waals surface area contributed by atoms with Crippen LogP contribution in [0.3, 0.4) is 0 Å². The molecule has 0 bridgehead atoms. The fourth-order valence-corrected chi connectivity index (χ4v) is 2.31. The molecule has 0 heterocycles. The number of ether oxygens (including phenoxy) is 2. The highest BCUT2D eigenvalue weighted by molar-refractivity contribution is 6.71.